The first-order valence-corrected chi connectivity index (χ1v) is 10.5. The van der Waals surface area contributed by atoms with Gasteiger partial charge in [0.1, 0.15) is 5.82 Å². The van der Waals surface area contributed by atoms with E-state index in [1.165, 1.54) is 6.07 Å². The van der Waals surface area contributed by atoms with Crippen LogP contribution in [0.3, 0.4) is 0 Å². The van der Waals surface area contributed by atoms with Gasteiger partial charge in [-0.25, -0.2) is 4.39 Å². The number of halogens is 1. The Bertz CT molecular complexity index is 940. The Morgan fingerprint density at radius 3 is 2.57 bits per heavy atom. The minimum absolute atomic E-state index is 0.143. The molecule has 0 saturated heterocycles. The summed E-state index contributed by atoms with van der Waals surface area (Å²) >= 11 is 0. The highest BCUT2D eigenvalue weighted by atomic mass is 19.1. The van der Waals surface area contributed by atoms with E-state index in [4.69, 9.17) is 4.74 Å². The van der Waals surface area contributed by atoms with Crippen molar-refractivity contribution in [3.05, 3.63) is 65.5 Å². The van der Waals surface area contributed by atoms with Crippen LogP contribution in [0.1, 0.15) is 53.9 Å². The van der Waals surface area contributed by atoms with Crippen molar-refractivity contribution in [1.82, 2.24) is 5.32 Å². The molecule has 0 unspecified atom stereocenters. The quantitative estimate of drug-likeness (QED) is 0.757. The maximum atomic E-state index is 14.9. The Labute approximate surface area is 176 Å². The molecule has 5 nitrogen and oxygen atoms in total. The molecule has 158 valence electrons. The predicted molar refractivity (Wildman–Crippen MR) is 113 cm³/mol. The van der Waals surface area contributed by atoms with E-state index < -0.39 is 17.3 Å². The first kappa shape index (κ1) is 20.5. The lowest BCUT2D eigenvalue weighted by atomic mass is 9.65. The number of rotatable bonds is 5. The average molecular weight is 410 g/mol. The Morgan fingerprint density at radius 1 is 1.13 bits per heavy atom. The van der Waals surface area contributed by atoms with Crippen LogP contribution in [-0.4, -0.2) is 37.6 Å². The van der Waals surface area contributed by atoms with Crippen molar-refractivity contribution in [2.75, 3.05) is 25.2 Å². The summed E-state index contributed by atoms with van der Waals surface area (Å²) in [7, 11) is 1.59. The van der Waals surface area contributed by atoms with Gasteiger partial charge in [-0.05, 0) is 36.6 Å². The summed E-state index contributed by atoms with van der Waals surface area (Å²) in [6.45, 7) is 0.792. The number of para-hydroxylation sites is 1. The minimum Gasteiger partial charge on any atom is -0.383 e. The SMILES string of the molecule is COCCNC(=O)[C@@H]1c2ccccc2C(=O)N(c2ccccc2F)C12CCCCC2. The molecule has 1 saturated carbocycles. The summed E-state index contributed by atoms with van der Waals surface area (Å²) in [6, 6.07) is 13.6. The summed E-state index contributed by atoms with van der Waals surface area (Å²) in [5.74, 6) is -1.40. The monoisotopic (exact) mass is 410 g/mol. The molecular weight excluding hydrogens is 383 g/mol. The highest BCUT2D eigenvalue weighted by Gasteiger charge is 2.55. The van der Waals surface area contributed by atoms with Gasteiger partial charge in [0, 0.05) is 19.2 Å². The molecule has 0 radical (unpaired) electrons. The van der Waals surface area contributed by atoms with Gasteiger partial charge in [-0.3, -0.25) is 14.5 Å². The minimum atomic E-state index is -0.789. The number of methoxy groups -OCH3 is 1. The van der Waals surface area contributed by atoms with Gasteiger partial charge in [0.05, 0.1) is 23.8 Å². The predicted octanol–water partition coefficient (Wildman–Crippen LogP) is 4.04. The van der Waals surface area contributed by atoms with Crippen LogP contribution in [0.25, 0.3) is 0 Å². The van der Waals surface area contributed by atoms with Crippen molar-refractivity contribution in [3.8, 4) is 0 Å². The molecule has 1 spiro atoms. The lowest BCUT2D eigenvalue weighted by Crippen LogP contribution is -2.63. The van der Waals surface area contributed by atoms with Crippen LogP contribution in [-0.2, 0) is 9.53 Å². The second-order valence-electron chi connectivity index (χ2n) is 8.06. The standard InChI is InChI=1S/C24H27FN2O3/c1-30-16-15-26-22(28)21-17-9-3-4-10-18(17)23(29)27(20-12-6-5-11-19(20)25)24(21)13-7-2-8-14-24/h3-6,9-12,21H,2,7-8,13-16H2,1H3,(H,26,28)/t21-/m0/s1. The number of hydrogen-bond donors (Lipinski definition) is 1. The van der Waals surface area contributed by atoms with E-state index in [-0.39, 0.29) is 17.5 Å². The molecular formula is C24H27FN2O3. The Morgan fingerprint density at radius 2 is 1.83 bits per heavy atom. The molecule has 2 aromatic carbocycles. The van der Waals surface area contributed by atoms with Crippen molar-refractivity contribution in [2.45, 2.75) is 43.6 Å². The maximum Gasteiger partial charge on any atom is 0.259 e. The Hall–Kier alpha value is -2.73. The molecule has 1 heterocycles. The second kappa shape index (κ2) is 8.56. The van der Waals surface area contributed by atoms with E-state index in [1.807, 2.05) is 12.1 Å². The topological polar surface area (TPSA) is 58.6 Å². The van der Waals surface area contributed by atoms with Crippen LogP contribution in [0.2, 0.25) is 0 Å². The third-order valence-electron chi connectivity index (χ3n) is 6.37. The molecule has 2 amide bonds. The summed E-state index contributed by atoms with van der Waals surface area (Å²) in [5, 5.41) is 2.97. The third-order valence-corrected chi connectivity index (χ3v) is 6.37. The number of hydrogen-bond acceptors (Lipinski definition) is 3. The fourth-order valence-corrected chi connectivity index (χ4v) is 5.11. The molecule has 0 bridgehead atoms. The van der Waals surface area contributed by atoms with Crippen LogP contribution in [0.5, 0.6) is 0 Å². The largest absolute Gasteiger partial charge is 0.383 e. The molecule has 30 heavy (non-hydrogen) atoms. The highest BCUT2D eigenvalue weighted by molar-refractivity contribution is 6.12. The van der Waals surface area contributed by atoms with Crippen LogP contribution < -0.4 is 10.2 Å². The van der Waals surface area contributed by atoms with Gasteiger partial charge in [-0.2, -0.15) is 0 Å². The van der Waals surface area contributed by atoms with Gasteiger partial charge >= 0.3 is 0 Å². The van der Waals surface area contributed by atoms with Crippen molar-refractivity contribution in [3.63, 3.8) is 0 Å². The van der Waals surface area contributed by atoms with Crippen LogP contribution >= 0.6 is 0 Å². The normalized spacial score (nSPS) is 20.1. The maximum absolute atomic E-state index is 14.9. The van der Waals surface area contributed by atoms with Gasteiger partial charge in [0.25, 0.3) is 5.91 Å². The fourth-order valence-electron chi connectivity index (χ4n) is 5.11. The average Bonchev–Trinajstić information content (AvgIpc) is 2.76. The zero-order chi connectivity index (χ0) is 21.1. The lowest BCUT2D eigenvalue weighted by molar-refractivity contribution is -0.124. The number of nitrogens with one attached hydrogen (secondary N) is 1. The second-order valence-corrected chi connectivity index (χ2v) is 8.06. The van der Waals surface area contributed by atoms with Crippen molar-refractivity contribution >= 4 is 17.5 Å². The molecule has 1 aliphatic carbocycles. The van der Waals surface area contributed by atoms with Crippen molar-refractivity contribution in [1.29, 1.82) is 0 Å². The number of anilines is 1. The number of carbonyl (C=O) groups is 2. The molecule has 0 aromatic heterocycles. The van der Waals surface area contributed by atoms with Crippen LogP contribution in [0.4, 0.5) is 10.1 Å². The van der Waals surface area contributed by atoms with E-state index in [1.54, 1.807) is 42.3 Å². The van der Waals surface area contributed by atoms with Gasteiger partial charge in [-0.1, -0.05) is 49.6 Å². The van der Waals surface area contributed by atoms with Crippen molar-refractivity contribution in [2.24, 2.45) is 0 Å². The van der Waals surface area contributed by atoms with E-state index >= 15 is 0 Å². The third kappa shape index (κ3) is 3.39. The van der Waals surface area contributed by atoms with E-state index in [2.05, 4.69) is 5.32 Å². The first-order chi connectivity index (χ1) is 14.6. The fraction of sp³-hybridized carbons (Fsp3) is 0.417. The summed E-state index contributed by atoms with van der Waals surface area (Å²) in [5.41, 5.74) is 0.646. The first-order valence-electron chi connectivity index (χ1n) is 10.5. The molecule has 1 aliphatic heterocycles. The van der Waals surface area contributed by atoms with E-state index in [0.717, 1.165) is 24.8 Å². The van der Waals surface area contributed by atoms with E-state index in [0.29, 0.717) is 31.6 Å². The highest BCUT2D eigenvalue weighted by Crippen LogP contribution is 2.51. The lowest BCUT2D eigenvalue weighted by Gasteiger charge is -2.53. The molecule has 1 fully saturated rings. The Kier molecular flexibility index (Phi) is 5.86. The zero-order valence-corrected chi connectivity index (χ0v) is 17.2. The molecule has 4 rings (SSSR count). The van der Waals surface area contributed by atoms with E-state index in [9.17, 15) is 14.0 Å². The van der Waals surface area contributed by atoms with Gasteiger partial charge in [-0.15, -0.1) is 0 Å². The molecule has 6 heteroatoms. The number of benzene rings is 2. The summed E-state index contributed by atoms with van der Waals surface area (Å²) in [4.78, 5) is 28.7. The van der Waals surface area contributed by atoms with Gasteiger partial charge < -0.3 is 10.1 Å². The number of amides is 2. The van der Waals surface area contributed by atoms with Crippen LogP contribution in [0, 0.1) is 5.82 Å². The number of fused-ring (bicyclic) bond motifs is 1. The molecule has 1 N–H and O–H groups in total. The summed E-state index contributed by atoms with van der Waals surface area (Å²) < 4.78 is 20.0. The number of nitrogens with zero attached hydrogens (tertiary/aromatic N) is 1. The number of carbonyl (C=O) groups excluding carboxylic acids is 2. The van der Waals surface area contributed by atoms with Crippen LogP contribution in [0.15, 0.2) is 48.5 Å². The van der Waals surface area contributed by atoms with Crippen molar-refractivity contribution < 1.29 is 18.7 Å². The van der Waals surface area contributed by atoms with Gasteiger partial charge in [0.2, 0.25) is 5.91 Å². The summed E-state index contributed by atoms with van der Waals surface area (Å²) in [6.07, 6.45) is 4.14. The van der Waals surface area contributed by atoms with Gasteiger partial charge in [0.15, 0.2) is 0 Å². The molecule has 2 aromatic rings. The Balaban J connectivity index is 1.89. The number of ether oxygens (including phenoxy) is 1. The molecule has 1 atom stereocenters. The molecule has 2 aliphatic rings. The zero-order valence-electron chi connectivity index (χ0n) is 17.2. The smallest absolute Gasteiger partial charge is 0.259 e.